The van der Waals surface area contributed by atoms with Gasteiger partial charge in [0.25, 0.3) is 0 Å². The van der Waals surface area contributed by atoms with Gasteiger partial charge in [0, 0.05) is 32.7 Å². The van der Waals surface area contributed by atoms with Gasteiger partial charge in [-0.15, -0.1) is 0 Å². The van der Waals surface area contributed by atoms with Crippen molar-refractivity contribution >= 4 is 11.9 Å². The van der Waals surface area contributed by atoms with E-state index in [9.17, 15) is 18.0 Å². The monoisotopic (exact) mass is 318 g/mol. The van der Waals surface area contributed by atoms with Crippen LogP contribution in [0.3, 0.4) is 0 Å². The van der Waals surface area contributed by atoms with Gasteiger partial charge in [-0.2, -0.15) is 19.2 Å². The second kappa shape index (κ2) is 9.54. The fourth-order valence-electron chi connectivity index (χ4n) is 1.01. The van der Waals surface area contributed by atoms with Crippen molar-refractivity contribution in [1.82, 2.24) is 0 Å². The molecule has 1 aromatic carbocycles. The van der Waals surface area contributed by atoms with Gasteiger partial charge in [-0.25, -0.2) is 0 Å². The van der Waals surface area contributed by atoms with Crippen LogP contribution in [0, 0.1) is 0 Å². The molecule has 0 aliphatic heterocycles. The summed E-state index contributed by atoms with van der Waals surface area (Å²) in [5.41, 5.74) is -1.02. The van der Waals surface area contributed by atoms with Crippen molar-refractivity contribution in [2.45, 2.75) is 20.0 Å². The molecule has 0 saturated carbocycles. The first-order chi connectivity index (χ1) is 7.55. The quantitative estimate of drug-likeness (QED) is 0.599. The van der Waals surface area contributed by atoms with E-state index in [4.69, 9.17) is 0 Å². The van der Waals surface area contributed by atoms with Gasteiger partial charge in [-0.3, -0.25) is 0 Å². The van der Waals surface area contributed by atoms with E-state index in [1.807, 2.05) is 13.8 Å². The number of hydrogen-bond acceptors (Lipinski definition) is 1. The van der Waals surface area contributed by atoms with Gasteiger partial charge in [0.15, 0.2) is 0 Å². The Bertz CT molecular complexity index is 345. The zero-order chi connectivity index (χ0) is 12.6. The maximum atomic E-state index is 12.3. The molecule has 0 bridgehead atoms. The van der Waals surface area contributed by atoms with Gasteiger partial charge in [0.2, 0.25) is 0 Å². The Balaban J connectivity index is 0. The van der Waals surface area contributed by atoms with Gasteiger partial charge in [-0.1, -0.05) is 55.3 Å². The molecular weight excluding hydrogens is 306 g/mol. The summed E-state index contributed by atoms with van der Waals surface area (Å²) in [6.45, 7) is 4.00. The van der Waals surface area contributed by atoms with Crippen LogP contribution in [0.4, 0.5) is 13.2 Å². The second-order valence-corrected chi connectivity index (χ2v) is 2.54. The number of carbonyl (C=O) groups excluding carboxylic acids is 1. The normalized spacial score (nSPS) is 10.8. The molecule has 1 nitrogen and oxygen atoms in total. The Labute approximate surface area is 124 Å². The Morgan fingerprint density at radius 1 is 1.18 bits per heavy atom. The van der Waals surface area contributed by atoms with Crippen LogP contribution in [-0.4, -0.2) is 12.5 Å². The Hall–Kier alpha value is -0.476. The average molecular weight is 318 g/mol. The van der Waals surface area contributed by atoms with Crippen molar-refractivity contribution < 1.29 is 50.7 Å². The van der Waals surface area contributed by atoms with E-state index in [0.717, 1.165) is 6.29 Å². The minimum atomic E-state index is -4.53. The maximum absolute atomic E-state index is 12.3. The molecule has 0 fully saturated rings. The van der Waals surface area contributed by atoms with Crippen LogP contribution in [0.5, 0.6) is 0 Å². The molecule has 0 aliphatic rings. The van der Waals surface area contributed by atoms with Crippen LogP contribution < -0.4 is 0 Å². The van der Waals surface area contributed by atoms with E-state index < -0.39 is 11.7 Å². The third-order valence-corrected chi connectivity index (χ3v) is 1.59. The molecule has 0 saturated heterocycles. The molecule has 0 N–H and O–H groups in total. The summed E-state index contributed by atoms with van der Waals surface area (Å²) in [7, 11) is 0. The van der Waals surface area contributed by atoms with Crippen LogP contribution in [0.2, 0.25) is 0 Å². The molecule has 0 heterocycles. The van der Waals surface area contributed by atoms with E-state index in [-0.39, 0.29) is 38.3 Å². The summed E-state index contributed by atoms with van der Waals surface area (Å²) >= 11 is 0. The molecule has 1 aromatic rings. The predicted molar refractivity (Wildman–Crippen MR) is 57.5 cm³/mol. The molecule has 1 radical (unpaired) electrons. The fourth-order valence-corrected chi connectivity index (χ4v) is 1.01. The van der Waals surface area contributed by atoms with Crippen LogP contribution in [0.25, 0.3) is 5.57 Å². The average Bonchev–Trinajstić information content (AvgIpc) is 2.28. The Kier molecular flexibility index (Phi) is 10.6. The molecule has 0 atom stereocenters. The number of rotatable bonds is 2. The van der Waals surface area contributed by atoms with E-state index in [1.54, 1.807) is 6.07 Å². The summed E-state index contributed by atoms with van der Waals surface area (Å²) in [6.07, 6.45) is -2.99. The Morgan fingerprint density at radius 2 is 1.65 bits per heavy atom. The van der Waals surface area contributed by atoms with Gasteiger partial charge in [-0.05, 0) is 6.29 Å². The van der Waals surface area contributed by atoms with E-state index in [1.165, 1.54) is 24.3 Å². The first-order valence-corrected chi connectivity index (χ1v) is 4.76. The SMILES string of the molecule is CC.O=[C-]/C=C(\c1ccccc1)C(F)(F)F.[Y]. The van der Waals surface area contributed by atoms with Crippen LogP contribution in [0.1, 0.15) is 19.4 Å². The van der Waals surface area contributed by atoms with Crippen molar-refractivity contribution in [2.24, 2.45) is 0 Å². The van der Waals surface area contributed by atoms with Crippen molar-refractivity contribution in [3.8, 4) is 0 Å². The number of halogens is 3. The molecule has 0 amide bonds. The molecular formula is C12H12F3OY-. The molecule has 91 valence electrons. The predicted octanol–water partition coefficient (Wildman–Crippen LogP) is 3.77. The van der Waals surface area contributed by atoms with Gasteiger partial charge in [0.1, 0.15) is 0 Å². The summed E-state index contributed by atoms with van der Waals surface area (Å²) < 4.78 is 37.0. The van der Waals surface area contributed by atoms with Gasteiger partial charge in [0.05, 0.1) is 0 Å². The second-order valence-electron chi connectivity index (χ2n) is 2.54. The smallest absolute Gasteiger partial charge is 0.349 e. The van der Waals surface area contributed by atoms with Gasteiger partial charge >= 0.3 is 6.18 Å². The van der Waals surface area contributed by atoms with Crippen LogP contribution >= 0.6 is 0 Å². The van der Waals surface area contributed by atoms with E-state index in [0.29, 0.717) is 6.08 Å². The third kappa shape index (κ3) is 6.74. The third-order valence-electron chi connectivity index (χ3n) is 1.59. The van der Waals surface area contributed by atoms with Crippen molar-refractivity contribution in [1.29, 1.82) is 0 Å². The fraction of sp³-hybridized carbons (Fsp3) is 0.250. The van der Waals surface area contributed by atoms with Crippen LogP contribution in [0.15, 0.2) is 36.4 Å². The van der Waals surface area contributed by atoms with Crippen molar-refractivity contribution in [3.63, 3.8) is 0 Å². The molecule has 0 unspecified atom stereocenters. The zero-order valence-corrected chi connectivity index (χ0v) is 12.4. The van der Waals surface area contributed by atoms with Gasteiger partial charge < -0.3 is 4.79 Å². The molecule has 0 aromatic heterocycles. The molecule has 1 rings (SSSR count). The molecule has 0 spiro atoms. The van der Waals surface area contributed by atoms with E-state index in [2.05, 4.69) is 0 Å². The Morgan fingerprint density at radius 3 is 2.00 bits per heavy atom. The minimum absolute atomic E-state index is 0. The van der Waals surface area contributed by atoms with Crippen molar-refractivity contribution in [3.05, 3.63) is 42.0 Å². The summed E-state index contributed by atoms with van der Waals surface area (Å²) in [5.74, 6) is 0. The molecule has 0 aliphatic carbocycles. The minimum Gasteiger partial charge on any atom is -0.419 e. The molecule has 5 heteroatoms. The zero-order valence-electron chi connectivity index (χ0n) is 9.58. The first-order valence-electron chi connectivity index (χ1n) is 4.76. The topological polar surface area (TPSA) is 17.1 Å². The number of allylic oxidation sites excluding steroid dienone is 2. The largest absolute Gasteiger partial charge is 0.419 e. The first kappa shape index (κ1) is 18.9. The number of benzene rings is 1. The standard InChI is InChI=1S/C10H6F3O.C2H6.Y/c11-10(12,13)9(6-7-14)8-4-2-1-3-5-8;1-2;/h1-6H;1-2H3;/q-1;;/b9-6+;;. The number of hydrogen-bond donors (Lipinski definition) is 0. The van der Waals surface area contributed by atoms with Crippen molar-refractivity contribution in [2.75, 3.05) is 0 Å². The maximum Gasteiger partial charge on any atom is 0.349 e. The van der Waals surface area contributed by atoms with Crippen LogP contribution in [-0.2, 0) is 37.5 Å². The summed E-state index contributed by atoms with van der Waals surface area (Å²) in [4.78, 5) is 9.93. The van der Waals surface area contributed by atoms with E-state index >= 15 is 0 Å². The molecule has 17 heavy (non-hydrogen) atoms. The summed E-state index contributed by atoms with van der Waals surface area (Å²) in [6, 6.07) is 7.12. The summed E-state index contributed by atoms with van der Waals surface area (Å²) in [5, 5.41) is 0. The number of alkyl halides is 3.